The monoisotopic (exact) mass is 222 g/mol. The second-order valence-corrected chi connectivity index (χ2v) is 3.23. The van der Waals surface area contributed by atoms with E-state index in [1.807, 2.05) is 0 Å². The molecule has 0 amide bonds. The second kappa shape index (κ2) is 4.32. The molecule has 1 aromatic carbocycles. The van der Waals surface area contributed by atoms with E-state index < -0.39 is 0 Å². The van der Waals surface area contributed by atoms with Gasteiger partial charge in [-0.05, 0) is 18.2 Å². The van der Waals surface area contributed by atoms with Gasteiger partial charge in [-0.2, -0.15) is 5.10 Å². The molecule has 0 aliphatic carbocycles. The van der Waals surface area contributed by atoms with Crippen LogP contribution in [-0.4, -0.2) is 22.0 Å². The van der Waals surface area contributed by atoms with Gasteiger partial charge in [0.1, 0.15) is 5.82 Å². The van der Waals surface area contributed by atoms with Gasteiger partial charge in [-0.15, -0.1) is 0 Å². The Balaban J connectivity index is 2.51. The lowest BCUT2D eigenvalue weighted by atomic mass is 10.3. The molecule has 1 heterocycles. The molecule has 0 aliphatic heterocycles. The van der Waals surface area contributed by atoms with Crippen molar-refractivity contribution in [3.63, 3.8) is 0 Å². The van der Waals surface area contributed by atoms with E-state index in [-0.39, 0.29) is 12.4 Å². The summed E-state index contributed by atoms with van der Waals surface area (Å²) >= 11 is 0. The molecule has 0 saturated heterocycles. The number of ether oxygens (including phenoxy) is 1. The molecule has 0 bridgehead atoms. The molecule has 0 aliphatic rings. The molecular formula is C11H11FN2O2. The van der Waals surface area contributed by atoms with E-state index in [1.165, 1.54) is 30.1 Å². The Kier molecular flexibility index (Phi) is 2.87. The summed E-state index contributed by atoms with van der Waals surface area (Å²) in [5, 5.41) is 13.1. The number of aromatic nitrogens is 2. The third-order valence-electron chi connectivity index (χ3n) is 2.21. The molecule has 16 heavy (non-hydrogen) atoms. The topological polar surface area (TPSA) is 47.3 Å². The van der Waals surface area contributed by atoms with Crippen LogP contribution < -0.4 is 4.74 Å². The number of hydrogen-bond donors (Lipinski definition) is 1. The van der Waals surface area contributed by atoms with Crippen LogP contribution in [0.25, 0.3) is 5.69 Å². The Bertz CT molecular complexity index is 496. The molecule has 4 nitrogen and oxygen atoms in total. The largest absolute Gasteiger partial charge is 0.481 e. The van der Waals surface area contributed by atoms with Crippen LogP contribution in [0.2, 0.25) is 0 Å². The van der Waals surface area contributed by atoms with Gasteiger partial charge in [-0.25, -0.2) is 9.07 Å². The van der Waals surface area contributed by atoms with Crippen molar-refractivity contribution in [1.82, 2.24) is 9.78 Å². The van der Waals surface area contributed by atoms with Crippen LogP contribution in [0.5, 0.6) is 5.88 Å². The molecule has 0 unspecified atom stereocenters. The molecule has 5 heteroatoms. The molecule has 84 valence electrons. The average molecular weight is 222 g/mol. The summed E-state index contributed by atoms with van der Waals surface area (Å²) in [5.41, 5.74) is 1.11. The molecule has 0 spiro atoms. The SMILES string of the molecule is COc1c(CO)cnn1-c1cccc(F)c1. The highest BCUT2D eigenvalue weighted by Crippen LogP contribution is 2.22. The minimum atomic E-state index is -0.347. The van der Waals surface area contributed by atoms with E-state index in [0.29, 0.717) is 17.1 Å². The van der Waals surface area contributed by atoms with E-state index in [9.17, 15) is 4.39 Å². The van der Waals surface area contributed by atoms with Gasteiger partial charge in [0, 0.05) is 0 Å². The van der Waals surface area contributed by atoms with Crippen molar-refractivity contribution in [2.75, 3.05) is 7.11 Å². The third kappa shape index (κ3) is 1.77. The van der Waals surface area contributed by atoms with Crippen molar-refractivity contribution < 1.29 is 14.2 Å². The van der Waals surface area contributed by atoms with Gasteiger partial charge in [0.25, 0.3) is 0 Å². The highest BCUT2D eigenvalue weighted by atomic mass is 19.1. The van der Waals surface area contributed by atoms with Crippen molar-refractivity contribution >= 4 is 0 Å². The highest BCUT2D eigenvalue weighted by Gasteiger charge is 2.12. The Hall–Kier alpha value is -1.88. The van der Waals surface area contributed by atoms with E-state index in [1.54, 1.807) is 12.1 Å². The minimum absolute atomic E-state index is 0.168. The molecule has 0 atom stereocenters. The van der Waals surface area contributed by atoms with E-state index in [0.717, 1.165) is 0 Å². The lowest BCUT2D eigenvalue weighted by Gasteiger charge is -2.07. The number of benzene rings is 1. The molecular weight excluding hydrogens is 211 g/mol. The van der Waals surface area contributed by atoms with Crippen molar-refractivity contribution in [3.8, 4) is 11.6 Å². The first kappa shape index (κ1) is 10.6. The Morgan fingerprint density at radius 3 is 2.94 bits per heavy atom. The van der Waals surface area contributed by atoms with Crippen LogP contribution in [0, 0.1) is 5.82 Å². The Labute approximate surface area is 91.9 Å². The Morgan fingerprint density at radius 2 is 2.31 bits per heavy atom. The van der Waals surface area contributed by atoms with Crippen LogP contribution in [0.3, 0.4) is 0 Å². The minimum Gasteiger partial charge on any atom is -0.481 e. The standard InChI is InChI=1S/C11H11FN2O2/c1-16-11-8(7-15)6-13-14(11)10-4-2-3-9(12)5-10/h2-6,15H,7H2,1H3. The summed E-state index contributed by atoms with van der Waals surface area (Å²) in [4.78, 5) is 0. The molecule has 0 radical (unpaired) electrons. The van der Waals surface area contributed by atoms with E-state index >= 15 is 0 Å². The molecule has 0 fully saturated rings. The number of hydrogen-bond acceptors (Lipinski definition) is 3. The lowest BCUT2D eigenvalue weighted by Crippen LogP contribution is -2.01. The molecule has 2 aromatic rings. The fourth-order valence-corrected chi connectivity index (χ4v) is 1.49. The van der Waals surface area contributed by atoms with Crippen LogP contribution in [0.4, 0.5) is 4.39 Å². The van der Waals surface area contributed by atoms with Gasteiger partial charge in [-0.1, -0.05) is 6.07 Å². The third-order valence-corrected chi connectivity index (χ3v) is 2.21. The first-order chi connectivity index (χ1) is 7.76. The van der Waals surface area contributed by atoms with Crippen molar-refractivity contribution in [3.05, 3.63) is 41.8 Å². The maximum Gasteiger partial charge on any atom is 0.222 e. The number of aliphatic hydroxyl groups is 1. The number of rotatable bonds is 3. The van der Waals surface area contributed by atoms with E-state index in [2.05, 4.69) is 5.10 Å². The maximum atomic E-state index is 13.0. The molecule has 1 N–H and O–H groups in total. The van der Waals surface area contributed by atoms with Crippen molar-refractivity contribution in [2.24, 2.45) is 0 Å². The van der Waals surface area contributed by atoms with Crippen LogP contribution in [-0.2, 0) is 6.61 Å². The van der Waals surface area contributed by atoms with Crippen molar-refractivity contribution in [1.29, 1.82) is 0 Å². The predicted octanol–water partition coefficient (Wildman–Crippen LogP) is 1.51. The quantitative estimate of drug-likeness (QED) is 0.856. The Morgan fingerprint density at radius 1 is 1.50 bits per heavy atom. The normalized spacial score (nSPS) is 10.4. The van der Waals surface area contributed by atoms with Gasteiger partial charge in [0.15, 0.2) is 0 Å². The number of methoxy groups -OCH3 is 1. The number of aliphatic hydroxyl groups excluding tert-OH is 1. The van der Waals surface area contributed by atoms with E-state index in [4.69, 9.17) is 9.84 Å². The van der Waals surface area contributed by atoms with Gasteiger partial charge < -0.3 is 9.84 Å². The first-order valence-electron chi connectivity index (χ1n) is 4.74. The second-order valence-electron chi connectivity index (χ2n) is 3.23. The number of halogens is 1. The fourth-order valence-electron chi connectivity index (χ4n) is 1.49. The predicted molar refractivity (Wildman–Crippen MR) is 56.0 cm³/mol. The molecule has 1 aromatic heterocycles. The fraction of sp³-hybridized carbons (Fsp3) is 0.182. The number of nitrogens with zero attached hydrogens (tertiary/aromatic N) is 2. The smallest absolute Gasteiger partial charge is 0.222 e. The summed E-state index contributed by atoms with van der Waals surface area (Å²) in [6.45, 7) is -0.168. The zero-order chi connectivity index (χ0) is 11.5. The summed E-state index contributed by atoms with van der Waals surface area (Å²) in [5.74, 6) is 0.0636. The summed E-state index contributed by atoms with van der Waals surface area (Å²) < 4.78 is 19.6. The zero-order valence-corrected chi connectivity index (χ0v) is 8.72. The van der Waals surface area contributed by atoms with Gasteiger partial charge in [-0.3, -0.25) is 0 Å². The van der Waals surface area contributed by atoms with Gasteiger partial charge in [0.05, 0.1) is 31.2 Å². The van der Waals surface area contributed by atoms with Gasteiger partial charge in [0.2, 0.25) is 5.88 Å². The summed E-state index contributed by atoms with van der Waals surface area (Å²) in [7, 11) is 1.48. The molecule has 0 saturated carbocycles. The van der Waals surface area contributed by atoms with Crippen molar-refractivity contribution in [2.45, 2.75) is 6.61 Å². The molecule has 2 rings (SSSR count). The lowest BCUT2D eigenvalue weighted by molar-refractivity contribution is 0.272. The van der Waals surface area contributed by atoms with Crippen LogP contribution in [0.1, 0.15) is 5.56 Å². The van der Waals surface area contributed by atoms with Gasteiger partial charge >= 0.3 is 0 Å². The summed E-state index contributed by atoms with van der Waals surface area (Å²) in [6, 6.07) is 5.99. The summed E-state index contributed by atoms with van der Waals surface area (Å²) in [6.07, 6.45) is 1.49. The van der Waals surface area contributed by atoms with Crippen LogP contribution >= 0.6 is 0 Å². The first-order valence-corrected chi connectivity index (χ1v) is 4.74. The maximum absolute atomic E-state index is 13.0. The zero-order valence-electron chi connectivity index (χ0n) is 8.72. The van der Waals surface area contributed by atoms with Crippen LogP contribution in [0.15, 0.2) is 30.5 Å². The highest BCUT2D eigenvalue weighted by molar-refractivity contribution is 5.38. The average Bonchev–Trinajstić information content (AvgIpc) is 2.71.